The first-order valence-corrected chi connectivity index (χ1v) is 7.70. The van der Waals surface area contributed by atoms with Gasteiger partial charge in [-0.05, 0) is 20.4 Å². The highest BCUT2D eigenvalue weighted by Gasteiger charge is 2.04. The molecule has 0 radical (unpaired) electrons. The van der Waals surface area contributed by atoms with Crippen LogP contribution >= 0.6 is 24.0 Å². The first-order valence-electron chi connectivity index (χ1n) is 7.70. The van der Waals surface area contributed by atoms with E-state index < -0.39 is 0 Å². The summed E-state index contributed by atoms with van der Waals surface area (Å²) < 4.78 is 7.06. The van der Waals surface area contributed by atoms with Gasteiger partial charge in [0.05, 0.1) is 6.54 Å². The Balaban J connectivity index is 0.00000484. The van der Waals surface area contributed by atoms with Crippen LogP contribution in [0, 0.1) is 0 Å². The van der Waals surface area contributed by atoms with Gasteiger partial charge in [0.25, 0.3) is 0 Å². The number of ether oxygens (including phenoxy) is 1. The Morgan fingerprint density at radius 1 is 1.39 bits per heavy atom. The number of nitrogens with zero attached hydrogens (tertiary/aromatic N) is 5. The fourth-order valence-electron chi connectivity index (χ4n) is 2.02. The monoisotopic (exact) mass is 439 g/mol. The molecule has 9 heteroatoms. The molecule has 0 spiro atoms. The number of likely N-dealkylation sites (N-methyl/N-ethyl adjacent to an activating group) is 1. The molecule has 1 aromatic heterocycles. The first kappa shape index (κ1) is 22.1. The lowest BCUT2D eigenvalue weighted by molar-refractivity contribution is 0.180. The average molecular weight is 439 g/mol. The molecule has 0 amide bonds. The Hall–Kier alpha value is -0.940. The number of methoxy groups -OCH3 is 1. The van der Waals surface area contributed by atoms with Crippen LogP contribution in [0.2, 0.25) is 0 Å². The molecule has 1 heterocycles. The molecular formula is C14H30IN7O. The van der Waals surface area contributed by atoms with Gasteiger partial charge < -0.3 is 24.8 Å². The summed E-state index contributed by atoms with van der Waals surface area (Å²) >= 11 is 0. The van der Waals surface area contributed by atoms with Gasteiger partial charge in [-0.1, -0.05) is 0 Å². The summed E-state index contributed by atoms with van der Waals surface area (Å²) in [4.78, 5) is 6.48. The minimum absolute atomic E-state index is 0. The molecule has 1 aromatic rings. The quantitative estimate of drug-likeness (QED) is 0.240. The van der Waals surface area contributed by atoms with Gasteiger partial charge in [-0.15, -0.1) is 34.2 Å². The third kappa shape index (κ3) is 9.06. The predicted octanol–water partition coefficient (Wildman–Crippen LogP) is 0.549. The van der Waals surface area contributed by atoms with Crippen molar-refractivity contribution in [3.05, 3.63) is 12.2 Å². The van der Waals surface area contributed by atoms with Crippen molar-refractivity contribution in [3.8, 4) is 0 Å². The number of aliphatic imine (C=N–C) groups is 1. The zero-order chi connectivity index (χ0) is 16.2. The standard InChI is InChI=1S/C14H29N7O.HI/c1-5-21-12-18-19-13(21)11-17-14(15-2)16-7-9-20(3)8-6-10-22-4;/h12H,5-11H2,1-4H3,(H2,15,16,17);1H. The molecule has 0 atom stereocenters. The van der Waals surface area contributed by atoms with Crippen molar-refractivity contribution in [1.82, 2.24) is 30.3 Å². The lowest BCUT2D eigenvalue weighted by Crippen LogP contribution is -2.41. The fraction of sp³-hybridized carbons (Fsp3) is 0.786. The summed E-state index contributed by atoms with van der Waals surface area (Å²) in [7, 11) is 5.61. The highest BCUT2D eigenvalue weighted by atomic mass is 127. The van der Waals surface area contributed by atoms with Gasteiger partial charge in [-0.2, -0.15) is 0 Å². The molecule has 0 aromatic carbocycles. The zero-order valence-electron chi connectivity index (χ0n) is 14.6. The van der Waals surface area contributed by atoms with Crippen LogP contribution < -0.4 is 10.6 Å². The summed E-state index contributed by atoms with van der Waals surface area (Å²) in [6, 6.07) is 0. The topological polar surface area (TPSA) is 79.6 Å². The Bertz CT molecular complexity index is 439. The maximum absolute atomic E-state index is 5.05. The van der Waals surface area contributed by atoms with Crippen molar-refractivity contribution in [1.29, 1.82) is 0 Å². The van der Waals surface area contributed by atoms with Gasteiger partial charge >= 0.3 is 0 Å². The maximum atomic E-state index is 5.05. The van der Waals surface area contributed by atoms with Gasteiger partial charge in [0.15, 0.2) is 11.8 Å². The van der Waals surface area contributed by atoms with Gasteiger partial charge in [-0.3, -0.25) is 4.99 Å². The highest BCUT2D eigenvalue weighted by Crippen LogP contribution is 1.93. The predicted molar refractivity (Wildman–Crippen MR) is 103 cm³/mol. The molecule has 0 bridgehead atoms. The Morgan fingerprint density at radius 2 is 2.17 bits per heavy atom. The number of rotatable bonds is 10. The lowest BCUT2D eigenvalue weighted by Gasteiger charge is -2.18. The van der Waals surface area contributed by atoms with Crippen LogP contribution in [-0.2, 0) is 17.8 Å². The molecule has 23 heavy (non-hydrogen) atoms. The Labute approximate surface area is 156 Å². The van der Waals surface area contributed by atoms with Gasteiger partial charge in [-0.25, -0.2) is 0 Å². The summed E-state index contributed by atoms with van der Waals surface area (Å²) in [5, 5.41) is 14.6. The number of guanidine groups is 1. The largest absolute Gasteiger partial charge is 0.385 e. The van der Waals surface area contributed by atoms with Crippen LogP contribution in [0.3, 0.4) is 0 Å². The third-order valence-corrected chi connectivity index (χ3v) is 3.35. The molecule has 8 nitrogen and oxygen atoms in total. The van der Waals surface area contributed by atoms with Crippen molar-refractivity contribution in [2.24, 2.45) is 4.99 Å². The molecular weight excluding hydrogens is 409 g/mol. The van der Waals surface area contributed by atoms with Crippen molar-refractivity contribution in [2.75, 3.05) is 47.4 Å². The van der Waals surface area contributed by atoms with Crippen LogP contribution in [0.4, 0.5) is 0 Å². The second-order valence-electron chi connectivity index (χ2n) is 5.04. The smallest absolute Gasteiger partial charge is 0.191 e. The third-order valence-electron chi connectivity index (χ3n) is 3.35. The van der Waals surface area contributed by atoms with Gasteiger partial charge in [0.1, 0.15) is 6.33 Å². The van der Waals surface area contributed by atoms with Crippen molar-refractivity contribution in [3.63, 3.8) is 0 Å². The number of nitrogens with one attached hydrogen (secondary N) is 2. The highest BCUT2D eigenvalue weighted by molar-refractivity contribution is 14.0. The summed E-state index contributed by atoms with van der Waals surface area (Å²) in [6.07, 6.45) is 2.79. The molecule has 0 aliphatic heterocycles. The van der Waals surface area contributed by atoms with E-state index in [9.17, 15) is 0 Å². The average Bonchev–Trinajstić information content (AvgIpc) is 2.98. The maximum Gasteiger partial charge on any atom is 0.191 e. The van der Waals surface area contributed by atoms with Gasteiger partial charge in [0, 0.05) is 46.9 Å². The molecule has 0 aliphatic carbocycles. The number of hydrogen-bond donors (Lipinski definition) is 2. The second kappa shape index (κ2) is 13.5. The van der Waals surface area contributed by atoms with E-state index in [-0.39, 0.29) is 24.0 Å². The number of aryl methyl sites for hydroxylation is 1. The van der Waals surface area contributed by atoms with Crippen molar-refractivity contribution in [2.45, 2.75) is 26.4 Å². The minimum atomic E-state index is 0. The lowest BCUT2D eigenvalue weighted by atomic mass is 10.4. The van der Waals surface area contributed by atoms with Crippen LogP contribution in [0.25, 0.3) is 0 Å². The second-order valence-corrected chi connectivity index (χ2v) is 5.04. The molecule has 0 saturated carbocycles. The minimum Gasteiger partial charge on any atom is -0.385 e. The summed E-state index contributed by atoms with van der Waals surface area (Å²) in [5.74, 6) is 1.68. The van der Waals surface area contributed by atoms with E-state index in [2.05, 4.69) is 44.7 Å². The van der Waals surface area contributed by atoms with Crippen LogP contribution in [0.15, 0.2) is 11.3 Å². The van der Waals surface area contributed by atoms with Gasteiger partial charge in [0.2, 0.25) is 0 Å². The summed E-state index contributed by atoms with van der Waals surface area (Å²) in [6.45, 7) is 7.16. The molecule has 0 fully saturated rings. The van der Waals surface area contributed by atoms with E-state index in [1.54, 1.807) is 20.5 Å². The van der Waals surface area contributed by atoms with Crippen molar-refractivity contribution >= 4 is 29.9 Å². The molecule has 134 valence electrons. The molecule has 0 unspecified atom stereocenters. The normalized spacial score (nSPS) is 11.4. The number of hydrogen-bond acceptors (Lipinski definition) is 5. The zero-order valence-corrected chi connectivity index (χ0v) is 16.9. The van der Waals surface area contributed by atoms with Crippen molar-refractivity contribution < 1.29 is 4.74 Å². The summed E-state index contributed by atoms with van der Waals surface area (Å²) in [5.41, 5.74) is 0. The van der Waals surface area contributed by atoms with Crippen LogP contribution in [0.5, 0.6) is 0 Å². The van der Waals surface area contributed by atoms with E-state index in [1.807, 2.05) is 4.57 Å². The molecule has 0 aliphatic rings. The van der Waals surface area contributed by atoms with E-state index in [4.69, 9.17) is 4.74 Å². The number of halogens is 1. The fourth-order valence-corrected chi connectivity index (χ4v) is 2.02. The molecule has 2 N–H and O–H groups in total. The Morgan fingerprint density at radius 3 is 2.83 bits per heavy atom. The molecule has 1 rings (SSSR count). The van der Waals surface area contributed by atoms with E-state index in [1.165, 1.54) is 0 Å². The van der Waals surface area contributed by atoms with E-state index >= 15 is 0 Å². The molecule has 0 saturated heterocycles. The first-order chi connectivity index (χ1) is 10.7. The SMILES string of the molecule is CCn1cnnc1CNC(=NC)NCCN(C)CCCOC.I. The van der Waals surface area contributed by atoms with Crippen LogP contribution in [-0.4, -0.2) is 73.1 Å². The van der Waals surface area contributed by atoms with E-state index in [0.717, 1.165) is 51.0 Å². The van der Waals surface area contributed by atoms with Crippen LogP contribution in [0.1, 0.15) is 19.2 Å². The Kier molecular flexibility index (Phi) is 12.9. The van der Waals surface area contributed by atoms with E-state index in [0.29, 0.717) is 6.54 Å². The number of aromatic nitrogens is 3.